The molecule has 11 aromatic rings. The lowest BCUT2D eigenvalue weighted by Crippen LogP contribution is -2.55. The normalized spacial score (nSPS) is 20.6. The van der Waals surface area contributed by atoms with Crippen LogP contribution in [0, 0.1) is 23.7 Å². The van der Waals surface area contributed by atoms with Crippen LogP contribution in [0.5, 0.6) is 0 Å². The van der Waals surface area contributed by atoms with Gasteiger partial charge in [0.05, 0.1) is 0 Å². The minimum atomic E-state index is 0.166. The predicted octanol–water partition coefficient (Wildman–Crippen LogP) is 19.1. The van der Waals surface area contributed by atoms with Crippen LogP contribution in [0.25, 0.3) is 86.6 Å². The van der Waals surface area contributed by atoms with Crippen molar-refractivity contribution in [3.63, 3.8) is 0 Å². The number of hydrogen-bond donors (Lipinski definition) is 0. The summed E-state index contributed by atoms with van der Waals surface area (Å²) in [6, 6.07) is 84.6. The van der Waals surface area contributed by atoms with Gasteiger partial charge in [-0.2, -0.15) is 0 Å². The Morgan fingerprint density at radius 1 is 0.329 bits per heavy atom. The van der Waals surface area contributed by atoms with Gasteiger partial charge in [-0.15, -0.1) is 11.3 Å². The van der Waals surface area contributed by atoms with Gasteiger partial charge >= 0.3 is 0 Å². The van der Waals surface area contributed by atoms with E-state index in [1.54, 1.807) is 11.1 Å². The summed E-state index contributed by atoms with van der Waals surface area (Å²) in [6.07, 6.45) is 7.09. The monoisotopic (exact) mass is 913 g/mol. The molecule has 1 spiro atoms. The highest BCUT2D eigenvalue weighted by Crippen LogP contribution is 2.69. The minimum absolute atomic E-state index is 0.166. The zero-order valence-corrected chi connectivity index (χ0v) is 39.9. The van der Waals surface area contributed by atoms with Crippen molar-refractivity contribution in [2.75, 3.05) is 4.90 Å². The van der Waals surface area contributed by atoms with Crippen LogP contribution < -0.4 is 4.90 Å². The number of benzene rings is 10. The number of nitrogens with zero attached hydrogens (tertiary/aromatic N) is 1. The first kappa shape index (κ1) is 40.4. The molecule has 10 aromatic carbocycles. The third-order valence-electron chi connectivity index (χ3n) is 17.3. The molecule has 4 bridgehead atoms. The highest BCUT2D eigenvalue weighted by atomic mass is 32.1. The van der Waals surface area contributed by atoms with E-state index < -0.39 is 0 Å². The summed E-state index contributed by atoms with van der Waals surface area (Å²) in [5.74, 6) is 3.38. The first-order chi connectivity index (χ1) is 34.6. The zero-order valence-electron chi connectivity index (χ0n) is 39.1. The molecule has 5 aliphatic carbocycles. The molecule has 0 unspecified atom stereocenters. The van der Waals surface area contributed by atoms with E-state index in [0.717, 1.165) is 40.7 Å². The molecular formula is C68H51NS. The van der Waals surface area contributed by atoms with Gasteiger partial charge in [0.25, 0.3) is 0 Å². The minimum Gasteiger partial charge on any atom is -0.310 e. The average Bonchev–Trinajstić information content (AvgIpc) is 3.93. The molecule has 0 atom stereocenters. The van der Waals surface area contributed by atoms with E-state index in [0.29, 0.717) is 0 Å². The third-order valence-corrected chi connectivity index (χ3v) is 18.4. The third kappa shape index (κ3) is 6.15. The summed E-state index contributed by atoms with van der Waals surface area (Å²) in [5, 5.41) is 5.13. The topological polar surface area (TPSA) is 3.24 Å². The van der Waals surface area contributed by atoms with Crippen LogP contribution in [0.15, 0.2) is 224 Å². The molecule has 334 valence electrons. The Kier molecular flexibility index (Phi) is 9.09. The van der Waals surface area contributed by atoms with Crippen LogP contribution >= 0.6 is 11.3 Å². The number of hydrogen-bond acceptors (Lipinski definition) is 2. The summed E-state index contributed by atoms with van der Waals surface area (Å²) in [6.45, 7) is 0. The van der Waals surface area contributed by atoms with Crippen molar-refractivity contribution < 1.29 is 0 Å². The van der Waals surface area contributed by atoms with Crippen molar-refractivity contribution in [1.82, 2.24) is 0 Å². The van der Waals surface area contributed by atoms with Gasteiger partial charge in [0.15, 0.2) is 0 Å². The van der Waals surface area contributed by atoms with Crippen LogP contribution in [0.2, 0.25) is 0 Å². The van der Waals surface area contributed by atoms with E-state index in [-0.39, 0.29) is 5.41 Å². The molecule has 0 saturated heterocycles. The fourth-order valence-electron chi connectivity index (χ4n) is 14.5. The Hall–Kier alpha value is -7.52. The summed E-state index contributed by atoms with van der Waals surface area (Å²) in [5.41, 5.74) is 19.7. The van der Waals surface area contributed by atoms with Gasteiger partial charge in [-0.1, -0.05) is 170 Å². The molecule has 0 N–H and O–H groups in total. The van der Waals surface area contributed by atoms with Crippen LogP contribution in [0.3, 0.4) is 0 Å². The van der Waals surface area contributed by atoms with Crippen LogP contribution in [-0.4, -0.2) is 0 Å². The van der Waals surface area contributed by atoms with E-state index in [4.69, 9.17) is 0 Å². The lowest BCUT2D eigenvalue weighted by molar-refractivity contribution is -0.0399. The summed E-state index contributed by atoms with van der Waals surface area (Å²) >= 11 is 1.92. The van der Waals surface area contributed by atoms with E-state index in [1.165, 1.54) is 119 Å². The quantitative estimate of drug-likeness (QED) is 0.154. The van der Waals surface area contributed by atoms with Crippen molar-refractivity contribution in [3.8, 4) is 55.6 Å². The predicted molar refractivity (Wildman–Crippen MR) is 297 cm³/mol. The summed E-state index contributed by atoms with van der Waals surface area (Å²) in [4.78, 5) is 2.45. The van der Waals surface area contributed by atoms with Gasteiger partial charge in [-0.25, -0.2) is 0 Å². The van der Waals surface area contributed by atoms with Gasteiger partial charge in [-0.3, -0.25) is 0 Å². The average molecular weight is 914 g/mol. The molecule has 1 nitrogen and oxygen atoms in total. The molecule has 0 aliphatic heterocycles. The lowest BCUT2D eigenvalue weighted by atomic mass is 9.43. The Bertz CT molecular complexity index is 3810. The van der Waals surface area contributed by atoms with Gasteiger partial charge < -0.3 is 4.90 Å². The smallest absolute Gasteiger partial charge is 0.0468 e. The molecule has 0 radical (unpaired) electrons. The van der Waals surface area contributed by atoms with Crippen LogP contribution in [0.4, 0.5) is 17.1 Å². The van der Waals surface area contributed by atoms with E-state index in [1.807, 2.05) is 11.3 Å². The van der Waals surface area contributed by atoms with Crippen molar-refractivity contribution in [1.29, 1.82) is 0 Å². The summed E-state index contributed by atoms with van der Waals surface area (Å²) in [7, 11) is 0. The Labute approximate surface area is 414 Å². The molecule has 1 heterocycles. The number of thiophene rings is 1. The molecule has 0 amide bonds. The van der Waals surface area contributed by atoms with Gasteiger partial charge in [0, 0.05) is 42.6 Å². The maximum atomic E-state index is 2.64. The highest BCUT2D eigenvalue weighted by molar-refractivity contribution is 7.25. The van der Waals surface area contributed by atoms with Crippen LogP contribution in [-0.2, 0) is 5.41 Å². The molecule has 70 heavy (non-hydrogen) atoms. The van der Waals surface area contributed by atoms with Crippen molar-refractivity contribution >= 4 is 59.3 Å². The molecule has 1 aromatic heterocycles. The zero-order chi connectivity index (χ0) is 45.9. The maximum absolute atomic E-state index is 2.64. The molecule has 5 aliphatic rings. The van der Waals surface area contributed by atoms with Gasteiger partial charge in [-0.05, 0) is 188 Å². The second-order valence-electron chi connectivity index (χ2n) is 20.8. The first-order valence-corrected chi connectivity index (χ1v) is 26.3. The Balaban J connectivity index is 0.850. The van der Waals surface area contributed by atoms with Crippen molar-refractivity contribution in [2.24, 2.45) is 23.7 Å². The molecule has 4 saturated carbocycles. The molecule has 2 heteroatoms. The van der Waals surface area contributed by atoms with Crippen LogP contribution in [0.1, 0.15) is 43.2 Å². The first-order valence-electron chi connectivity index (χ1n) is 25.5. The second kappa shape index (κ2) is 15.8. The standard InChI is InChI=1S/C68H51NS/c1-3-12-45(13-4-1)58-32-28-54(41-62(58)47-14-5-2-6-15-47)69(53-26-22-48(23-27-53)57-20-11-17-46-16-7-8-18-56(46)57)55-29-33-66-63(42-55)61-31-25-50(40-67(61)70-66)49-24-30-60-59-19-9-10-21-64(59)68(65(60)39-49)51-35-43-34-44(37-51)38-52(68)36-43/h1-33,39-44,51-52H,34-38H2. The van der Waals surface area contributed by atoms with Gasteiger partial charge in [0.1, 0.15) is 0 Å². The summed E-state index contributed by atoms with van der Waals surface area (Å²) < 4.78 is 2.64. The number of anilines is 3. The maximum Gasteiger partial charge on any atom is 0.0468 e. The van der Waals surface area contributed by atoms with Crippen molar-refractivity contribution in [2.45, 2.75) is 37.5 Å². The Morgan fingerprint density at radius 2 is 0.900 bits per heavy atom. The number of rotatable bonds is 7. The fraction of sp³-hybridized carbons (Fsp3) is 0.147. The number of fused-ring (bicyclic) bond motifs is 7. The molecule has 4 fully saturated rings. The SMILES string of the molecule is c1ccc(-c2ccc(N(c3ccc(-c4cccc5ccccc45)cc3)c3ccc4sc5cc(-c6ccc7c(c6)C6(c8ccccc8-7)C7CC8CC(C7)CC6C8)ccc5c4c3)cc2-c2ccccc2)cc1. The van der Waals surface area contributed by atoms with Crippen molar-refractivity contribution in [3.05, 3.63) is 236 Å². The Morgan fingerprint density at radius 3 is 1.70 bits per heavy atom. The molecule has 16 rings (SSSR count). The fourth-order valence-corrected chi connectivity index (χ4v) is 15.7. The van der Waals surface area contributed by atoms with E-state index >= 15 is 0 Å². The largest absolute Gasteiger partial charge is 0.310 e. The van der Waals surface area contributed by atoms with E-state index in [2.05, 4.69) is 229 Å². The highest BCUT2D eigenvalue weighted by Gasteiger charge is 2.61. The lowest BCUT2D eigenvalue weighted by Gasteiger charge is -2.61. The van der Waals surface area contributed by atoms with E-state index in [9.17, 15) is 0 Å². The second-order valence-corrected chi connectivity index (χ2v) is 21.9. The van der Waals surface area contributed by atoms with Gasteiger partial charge in [0.2, 0.25) is 0 Å². The molecular weight excluding hydrogens is 863 g/mol.